The molecule has 18 heavy (non-hydrogen) atoms. The van der Waals surface area contributed by atoms with Gasteiger partial charge in [-0.25, -0.2) is 0 Å². The summed E-state index contributed by atoms with van der Waals surface area (Å²) in [5.41, 5.74) is 0.464. The average Bonchev–Trinajstić information content (AvgIpc) is 2.83. The molecule has 1 fully saturated rings. The molecule has 1 heterocycles. The van der Waals surface area contributed by atoms with Crippen molar-refractivity contribution in [2.75, 3.05) is 27.3 Å². The Bertz CT molecular complexity index is 447. The van der Waals surface area contributed by atoms with Gasteiger partial charge in [-0.2, -0.15) is 0 Å². The van der Waals surface area contributed by atoms with Crippen molar-refractivity contribution in [3.63, 3.8) is 0 Å². The monoisotopic (exact) mass is 251 g/mol. The second-order valence-electron chi connectivity index (χ2n) is 4.23. The molecule has 0 bridgehead atoms. The topological polar surface area (TPSA) is 59.0 Å². The number of ether oxygens (including phenoxy) is 2. The van der Waals surface area contributed by atoms with E-state index in [2.05, 4.69) is 0 Å². The number of methoxy groups -OCH3 is 2. The number of rotatable bonds is 3. The van der Waals surface area contributed by atoms with Crippen LogP contribution in [0.1, 0.15) is 16.8 Å². The largest absolute Gasteiger partial charge is 0.493 e. The van der Waals surface area contributed by atoms with E-state index in [9.17, 15) is 9.90 Å². The van der Waals surface area contributed by atoms with Crippen molar-refractivity contribution < 1.29 is 19.4 Å². The Hall–Kier alpha value is -1.75. The second kappa shape index (κ2) is 5.27. The number of nitrogens with zero attached hydrogens (tertiary/aromatic N) is 1. The van der Waals surface area contributed by atoms with Gasteiger partial charge < -0.3 is 19.5 Å². The van der Waals surface area contributed by atoms with E-state index in [1.807, 2.05) is 0 Å². The number of likely N-dealkylation sites (tertiary alicyclic amines) is 1. The summed E-state index contributed by atoms with van der Waals surface area (Å²) in [6, 6.07) is 5.20. The summed E-state index contributed by atoms with van der Waals surface area (Å²) in [7, 11) is 3.04. The molecule has 0 radical (unpaired) electrons. The maximum absolute atomic E-state index is 12.3. The highest BCUT2D eigenvalue weighted by molar-refractivity contribution is 5.98. The number of aliphatic hydroxyl groups excluding tert-OH is 1. The van der Waals surface area contributed by atoms with Gasteiger partial charge in [0, 0.05) is 13.1 Å². The molecule has 1 aliphatic rings. The van der Waals surface area contributed by atoms with Crippen LogP contribution in [0.15, 0.2) is 18.2 Å². The highest BCUT2D eigenvalue weighted by atomic mass is 16.5. The van der Waals surface area contributed by atoms with Gasteiger partial charge in [-0.1, -0.05) is 6.07 Å². The van der Waals surface area contributed by atoms with E-state index in [-0.39, 0.29) is 5.91 Å². The summed E-state index contributed by atoms with van der Waals surface area (Å²) in [6.45, 7) is 0.944. The third kappa shape index (κ3) is 2.26. The quantitative estimate of drug-likeness (QED) is 0.867. The lowest BCUT2D eigenvalue weighted by Crippen LogP contribution is -2.29. The summed E-state index contributed by atoms with van der Waals surface area (Å²) in [5, 5.41) is 9.47. The molecule has 1 saturated heterocycles. The Morgan fingerprint density at radius 2 is 2.17 bits per heavy atom. The first-order valence-electron chi connectivity index (χ1n) is 5.85. The van der Waals surface area contributed by atoms with Gasteiger partial charge in [0.15, 0.2) is 11.5 Å². The van der Waals surface area contributed by atoms with Gasteiger partial charge in [-0.15, -0.1) is 0 Å². The van der Waals surface area contributed by atoms with Crippen molar-refractivity contribution in [2.45, 2.75) is 12.5 Å². The van der Waals surface area contributed by atoms with Crippen LogP contribution in [0.5, 0.6) is 11.5 Å². The van der Waals surface area contributed by atoms with E-state index in [1.54, 1.807) is 23.1 Å². The second-order valence-corrected chi connectivity index (χ2v) is 4.23. The average molecular weight is 251 g/mol. The van der Waals surface area contributed by atoms with Crippen molar-refractivity contribution in [1.29, 1.82) is 0 Å². The van der Waals surface area contributed by atoms with Crippen molar-refractivity contribution in [3.05, 3.63) is 23.8 Å². The standard InChI is InChI=1S/C13H17NO4/c1-17-11-5-3-4-10(12(11)18-2)13(16)14-7-6-9(15)8-14/h3-5,9,15H,6-8H2,1-2H3. The number of benzene rings is 1. The predicted octanol–water partition coefficient (Wildman–Crippen LogP) is 0.911. The minimum atomic E-state index is -0.425. The molecule has 0 aliphatic carbocycles. The Kier molecular flexibility index (Phi) is 3.72. The third-order valence-corrected chi connectivity index (χ3v) is 3.08. The summed E-state index contributed by atoms with van der Waals surface area (Å²) >= 11 is 0. The van der Waals surface area contributed by atoms with Crippen LogP contribution in [0.3, 0.4) is 0 Å². The lowest BCUT2D eigenvalue weighted by molar-refractivity contribution is 0.0761. The maximum Gasteiger partial charge on any atom is 0.257 e. The number of hydrogen-bond donors (Lipinski definition) is 1. The van der Waals surface area contributed by atoms with Crippen LogP contribution in [0, 0.1) is 0 Å². The summed E-state index contributed by atoms with van der Waals surface area (Å²) in [6.07, 6.45) is 0.198. The van der Waals surface area contributed by atoms with Crippen molar-refractivity contribution in [1.82, 2.24) is 4.90 Å². The molecular formula is C13H17NO4. The zero-order valence-electron chi connectivity index (χ0n) is 10.5. The maximum atomic E-state index is 12.3. The molecule has 2 rings (SSSR count). The first-order valence-corrected chi connectivity index (χ1v) is 5.85. The normalized spacial score (nSPS) is 18.8. The number of amides is 1. The Labute approximate surface area is 106 Å². The highest BCUT2D eigenvalue weighted by Crippen LogP contribution is 2.32. The molecule has 1 aromatic carbocycles. The fourth-order valence-corrected chi connectivity index (χ4v) is 2.15. The SMILES string of the molecule is COc1cccc(C(=O)N2CCC(O)C2)c1OC. The first-order chi connectivity index (χ1) is 8.67. The van der Waals surface area contributed by atoms with E-state index in [0.717, 1.165) is 0 Å². The van der Waals surface area contributed by atoms with Crippen LogP contribution in [-0.2, 0) is 0 Å². The van der Waals surface area contributed by atoms with E-state index < -0.39 is 6.10 Å². The number of hydrogen-bond acceptors (Lipinski definition) is 4. The molecule has 0 spiro atoms. The van der Waals surface area contributed by atoms with E-state index >= 15 is 0 Å². The molecule has 1 unspecified atom stereocenters. The van der Waals surface area contributed by atoms with Crippen LogP contribution in [0.4, 0.5) is 0 Å². The van der Waals surface area contributed by atoms with E-state index in [1.165, 1.54) is 14.2 Å². The molecule has 98 valence electrons. The fraction of sp³-hybridized carbons (Fsp3) is 0.462. The molecule has 5 heteroatoms. The van der Waals surface area contributed by atoms with Gasteiger partial charge in [0.05, 0.1) is 25.9 Å². The van der Waals surface area contributed by atoms with Gasteiger partial charge in [0.1, 0.15) is 0 Å². The third-order valence-electron chi connectivity index (χ3n) is 3.08. The molecular weight excluding hydrogens is 234 g/mol. The smallest absolute Gasteiger partial charge is 0.257 e. The molecule has 1 aliphatic heterocycles. The van der Waals surface area contributed by atoms with Crippen molar-refractivity contribution in [2.24, 2.45) is 0 Å². The number of β-amino-alcohol motifs (C(OH)–C–C–N with tert-alkyl or cyclic N) is 1. The molecule has 0 saturated carbocycles. The van der Waals surface area contributed by atoms with Crippen LogP contribution in [0.25, 0.3) is 0 Å². The predicted molar refractivity (Wildman–Crippen MR) is 66.1 cm³/mol. The zero-order chi connectivity index (χ0) is 13.1. The van der Waals surface area contributed by atoms with Crippen LogP contribution in [0.2, 0.25) is 0 Å². The number of aliphatic hydroxyl groups is 1. The number of carbonyl (C=O) groups is 1. The van der Waals surface area contributed by atoms with Gasteiger partial charge in [0.2, 0.25) is 0 Å². The molecule has 1 N–H and O–H groups in total. The highest BCUT2D eigenvalue weighted by Gasteiger charge is 2.28. The molecule has 1 amide bonds. The summed E-state index contributed by atoms with van der Waals surface area (Å²) in [5.74, 6) is 0.830. The van der Waals surface area contributed by atoms with Crippen LogP contribution < -0.4 is 9.47 Å². The minimum Gasteiger partial charge on any atom is -0.493 e. The number of para-hydroxylation sites is 1. The van der Waals surface area contributed by atoms with Crippen molar-refractivity contribution >= 4 is 5.91 Å². The van der Waals surface area contributed by atoms with Gasteiger partial charge >= 0.3 is 0 Å². The van der Waals surface area contributed by atoms with Gasteiger partial charge in [0.25, 0.3) is 5.91 Å². The summed E-state index contributed by atoms with van der Waals surface area (Å²) in [4.78, 5) is 13.9. The Balaban J connectivity index is 2.30. The van der Waals surface area contributed by atoms with Gasteiger partial charge in [-0.3, -0.25) is 4.79 Å². The lowest BCUT2D eigenvalue weighted by atomic mass is 10.1. The van der Waals surface area contributed by atoms with E-state index in [0.29, 0.717) is 36.6 Å². The number of carbonyl (C=O) groups excluding carboxylic acids is 1. The Morgan fingerprint density at radius 3 is 2.72 bits per heavy atom. The van der Waals surface area contributed by atoms with Gasteiger partial charge in [-0.05, 0) is 18.6 Å². The molecule has 1 atom stereocenters. The molecule has 1 aromatic rings. The first kappa shape index (κ1) is 12.7. The lowest BCUT2D eigenvalue weighted by Gasteiger charge is -2.18. The minimum absolute atomic E-state index is 0.137. The fourth-order valence-electron chi connectivity index (χ4n) is 2.15. The van der Waals surface area contributed by atoms with Crippen LogP contribution >= 0.6 is 0 Å². The summed E-state index contributed by atoms with van der Waals surface area (Å²) < 4.78 is 10.4. The Morgan fingerprint density at radius 1 is 1.39 bits per heavy atom. The van der Waals surface area contributed by atoms with Crippen molar-refractivity contribution in [3.8, 4) is 11.5 Å². The molecule has 5 nitrogen and oxygen atoms in total. The van der Waals surface area contributed by atoms with E-state index in [4.69, 9.17) is 9.47 Å². The van der Waals surface area contributed by atoms with Crippen LogP contribution in [-0.4, -0.2) is 49.3 Å². The molecule has 0 aromatic heterocycles. The zero-order valence-corrected chi connectivity index (χ0v) is 10.5.